The van der Waals surface area contributed by atoms with Crippen molar-refractivity contribution in [2.24, 2.45) is 5.92 Å². The van der Waals surface area contributed by atoms with E-state index in [9.17, 15) is 14.7 Å². The van der Waals surface area contributed by atoms with Crippen LogP contribution in [0, 0.1) is 5.92 Å². The number of carboxylic acid groups (broad SMARTS) is 1. The highest BCUT2D eigenvalue weighted by molar-refractivity contribution is 5.82. The second-order valence-corrected chi connectivity index (χ2v) is 5.08. The fourth-order valence-electron chi connectivity index (χ4n) is 2.56. The zero-order chi connectivity index (χ0) is 14.5. The van der Waals surface area contributed by atoms with Crippen molar-refractivity contribution < 1.29 is 19.1 Å². The average Bonchev–Trinajstić information content (AvgIpc) is 2.97. The molecule has 0 radical (unpaired) electrons. The Kier molecular flexibility index (Phi) is 4.65. The summed E-state index contributed by atoms with van der Waals surface area (Å²) in [6.07, 6.45) is 3.87. The number of amides is 2. The molecule has 2 unspecified atom stereocenters. The van der Waals surface area contributed by atoms with Gasteiger partial charge in [-0.15, -0.1) is 0 Å². The molecule has 0 bridgehead atoms. The molecule has 0 saturated carbocycles. The highest BCUT2D eigenvalue weighted by Gasteiger charge is 2.35. The zero-order valence-electron chi connectivity index (χ0n) is 11.5. The summed E-state index contributed by atoms with van der Waals surface area (Å²) in [5.41, 5.74) is 0. The first-order valence-electron chi connectivity index (χ1n) is 6.91. The van der Waals surface area contributed by atoms with Gasteiger partial charge < -0.3 is 19.7 Å². The van der Waals surface area contributed by atoms with Gasteiger partial charge in [-0.25, -0.2) is 9.59 Å². The first-order chi connectivity index (χ1) is 9.61. The third kappa shape index (κ3) is 3.31. The fraction of sp³-hybridized carbons (Fsp3) is 0.571. The molecule has 2 rings (SSSR count). The molecule has 2 N–H and O–H groups in total. The molecule has 2 amide bonds. The van der Waals surface area contributed by atoms with Gasteiger partial charge in [-0.3, -0.25) is 0 Å². The number of urea groups is 1. The fourth-order valence-corrected chi connectivity index (χ4v) is 2.56. The van der Waals surface area contributed by atoms with E-state index in [1.165, 1.54) is 11.2 Å². The second-order valence-electron chi connectivity index (χ2n) is 5.08. The van der Waals surface area contributed by atoms with Crippen molar-refractivity contribution in [3.05, 3.63) is 24.2 Å². The molecule has 20 heavy (non-hydrogen) atoms. The SMILES string of the molecule is CCC1CCN(C(=O)NCc2ccco2)C(C(=O)O)C1. The van der Waals surface area contributed by atoms with E-state index < -0.39 is 12.0 Å². The summed E-state index contributed by atoms with van der Waals surface area (Å²) >= 11 is 0. The molecule has 2 heterocycles. The van der Waals surface area contributed by atoms with Crippen molar-refractivity contribution in [3.8, 4) is 0 Å². The number of rotatable bonds is 4. The molecular weight excluding hydrogens is 260 g/mol. The standard InChI is InChI=1S/C14H20N2O4/c1-2-10-5-6-16(12(8-10)13(17)18)14(19)15-9-11-4-3-7-20-11/h3-4,7,10,12H,2,5-6,8-9H2,1H3,(H,15,19)(H,17,18). The topological polar surface area (TPSA) is 82.8 Å². The largest absolute Gasteiger partial charge is 0.480 e. The number of aliphatic carboxylic acids is 1. The highest BCUT2D eigenvalue weighted by Crippen LogP contribution is 2.25. The molecule has 1 aliphatic rings. The van der Waals surface area contributed by atoms with Crippen molar-refractivity contribution in [3.63, 3.8) is 0 Å². The lowest BCUT2D eigenvalue weighted by molar-refractivity contribution is -0.144. The lowest BCUT2D eigenvalue weighted by Crippen LogP contribution is -2.53. The molecule has 2 atom stereocenters. The van der Waals surface area contributed by atoms with Gasteiger partial charge >= 0.3 is 12.0 Å². The average molecular weight is 280 g/mol. The van der Waals surface area contributed by atoms with Crippen LogP contribution in [-0.2, 0) is 11.3 Å². The van der Waals surface area contributed by atoms with E-state index in [2.05, 4.69) is 12.2 Å². The monoisotopic (exact) mass is 280 g/mol. The quantitative estimate of drug-likeness (QED) is 0.884. The van der Waals surface area contributed by atoms with Gasteiger partial charge in [0.2, 0.25) is 0 Å². The molecule has 1 aromatic heterocycles. The van der Waals surface area contributed by atoms with Crippen LogP contribution in [0.2, 0.25) is 0 Å². The third-order valence-corrected chi connectivity index (χ3v) is 3.83. The van der Waals surface area contributed by atoms with E-state index in [1.54, 1.807) is 12.1 Å². The number of hydrogen-bond acceptors (Lipinski definition) is 3. The summed E-state index contributed by atoms with van der Waals surface area (Å²) in [6.45, 7) is 2.81. The van der Waals surface area contributed by atoms with Crippen LogP contribution in [0.1, 0.15) is 31.9 Å². The van der Waals surface area contributed by atoms with Crippen LogP contribution in [0.25, 0.3) is 0 Å². The molecule has 1 fully saturated rings. The van der Waals surface area contributed by atoms with Crippen molar-refractivity contribution in [1.82, 2.24) is 10.2 Å². The maximum atomic E-state index is 12.1. The molecular formula is C14H20N2O4. The van der Waals surface area contributed by atoms with Crippen LogP contribution < -0.4 is 5.32 Å². The Labute approximate surface area is 117 Å². The van der Waals surface area contributed by atoms with Gasteiger partial charge in [-0.05, 0) is 30.9 Å². The Morgan fingerprint density at radius 1 is 1.55 bits per heavy atom. The maximum absolute atomic E-state index is 12.1. The van der Waals surface area contributed by atoms with E-state index >= 15 is 0 Å². The van der Waals surface area contributed by atoms with E-state index in [1.807, 2.05) is 0 Å². The van der Waals surface area contributed by atoms with Gasteiger partial charge in [0, 0.05) is 6.54 Å². The number of nitrogens with zero attached hydrogens (tertiary/aromatic N) is 1. The molecule has 0 aliphatic carbocycles. The Bertz CT molecular complexity index is 458. The smallest absolute Gasteiger partial charge is 0.326 e. The molecule has 6 heteroatoms. The van der Waals surface area contributed by atoms with Crippen LogP contribution in [0.4, 0.5) is 4.79 Å². The van der Waals surface area contributed by atoms with Gasteiger partial charge in [-0.2, -0.15) is 0 Å². The Morgan fingerprint density at radius 3 is 2.95 bits per heavy atom. The molecule has 1 saturated heterocycles. The van der Waals surface area contributed by atoms with E-state index in [0.29, 0.717) is 24.6 Å². The maximum Gasteiger partial charge on any atom is 0.326 e. The van der Waals surface area contributed by atoms with Crippen molar-refractivity contribution in [1.29, 1.82) is 0 Å². The molecule has 0 aromatic carbocycles. The van der Waals surface area contributed by atoms with Gasteiger partial charge in [0.05, 0.1) is 12.8 Å². The molecule has 0 spiro atoms. The summed E-state index contributed by atoms with van der Waals surface area (Å²) in [5.74, 6) is 0.0928. The Hall–Kier alpha value is -1.98. The van der Waals surface area contributed by atoms with Crippen LogP contribution >= 0.6 is 0 Å². The summed E-state index contributed by atoms with van der Waals surface area (Å²) in [4.78, 5) is 24.9. The van der Waals surface area contributed by atoms with Crippen LogP contribution in [-0.4, -0.2) is 34.6 Å². The van der Waals surface area contributed by atoms with Crippen LogP contribution in [0.3, 0.4) is 0 Å². The summed E-state index contributed by atoms with van der Waals surface area (Å²) < 4.78 is 5.13. The predicted molar refractivity (Wildman–Crippen MR) is 72.1 cm³/mol. The van der Waals surface area contributed by atoms with E-state index in [-0.39, 0.29) is 12.6 Å². The van der Waals surface area contributed by atoms with Crippen LogP contribution in [0.5, 0.6) is 0 Å². The number of piperidine rings is 1. The first kappa shape index (κ1) is 14.4. The third-order valence-electron chi connectivity index (χ3n) is 3.83. The Balaban J connectivity index is 1.94. The summed E-state index contributed by atoms with van der Waals surface area (Å²) in [6, 6.07) is 2.43. The van der Waals surface area contributed by atoms with Gasteiger partial charge in [0.15, 0.2) is 0 Å². The number of likely N-dealkylation sites (tertiary alicyclic amines) is 1. The lowest BCUT2D eigenvalue weighted by Gasteiger charge is -2.36. The molecule has 1 aliphatic heterocycles. The molecule has 1 aromatic rings. The van der Waals surface area contributed by atoms with Gasteiger partial charge in [0.25, 0.3) is 0 Å². The highest BCUT2D eigenvalue weighted by atomic mass is 16.4. The molecule has 6 nitrogen and oxygen atoms in total. The van der Waals surface area contributed by atoms with E-state index in [0.717, 1.165) is 12.8 Å². The summed E-state index contributed by atoms with van der Waals surface area (Å²) in [5, 5.41) is 12.0. The minimum atomic E-state index is -0.934. The van der Waals surface area contributed by atoms with E-state index in [4.69, 9.17) is 4.42 Å². The normalized spacial score (nSPS) is 22.6. The van der Waals surface area contributed by atoms with Crippen LogP contribution in [0.15, 0.2) is 22.8 Å². The first-order valence-corrected chi connectivity index (χ1v) is 6.91. The molecule has 110 valence electrons. The number of carboxylic acids is 1. The predicted octanol–water partition coefficient (Wildman–Crippen LogP) is 2.06. The van der Waals surface area contributed by atoms with Crippen molar-refractivity contribution >= 4 is 12.0 Å². The second kappa shape index (κ2) is 6.45. The number of carbonyl (C=O) groups excluding carboxylic acids is 1. The van der Waals surface area contributed by atoms with Crippen molar-refractivity contribution in [2.45, 2.75) is 38.8 Å². The number of carbonyl (C=O) groups is 2. The van der Waals surface area contributed by atoms with Gasteiger partial charge in [0.1, 0.15) is 11.8 Å². The lowest BCUT2D eigenvalue weighted by atomic mass is 9.89. The zero-order valence-corrected chi connectivity index (χ0v) is 11.5. The van der Waals surface area contributed by atoms with Crippen molar-refractivity contribution in [2.75, 3.05) is 6.54 Å². The summed E-state index contributed by atoms with van der Waals surface area (Å²) in [7, 11) is 0. The minimum Gasteiger partial charge on any atom is -0.480 e. The Morgan fingerprint density at radius 2 is 2.35 bits per heavy atom. The minimum absolute atomic E-state index is 0.270. The number of nitrogens with one attached hydrogen (secondary N) is 1. The number of hydrogen-bond donors (Lipinski definition) is 2. The van der Waals surface area contributed by atoms with Gasteiger partial charge in [-0.1, -0.05) is 13.3 Å². The number of furan rings is 1.